The number of aliphatic hydroxyl groups is 1. The van der Waals surface area contributed by atoms with E-state index in [9.17, 15) is 19.2 Å². The SMILES string of the molecule is CCC(C)C(NC(=O)CNC(=O)C(N)C(C)C)C(=O)NC(CO)C(=O)O. The monoisotopic (exact) mass is 374 g/mol. The van der Waals surface area contributed by atoms with Gasteiger partial charge in [0.2, 0.25) is 17.7 Å². The molecule has 0 rings (SSSR count). The molecule has 0 aliphatic heterocycles. The molecule has 26 heavy (non-hydrogen) atoms. The summed E-state index contributed by atoms with van der Waals surface area (Å²) in [5, 5.41) is 25.0. The van der Waals surface area contributed by atoms with Crippen molar-refractivity contribution >= 4 is 23.7 Å². The predicted octanol–water partition coefficient (Wildman–Crippen LogP) is -1.82. The van der Waals surface area contributed by atoms with E-state index in [0.29, 0.717) is 6.42 Å². The predicted molar refractivity (Wildman–Crippen MR) is 93.9 cm³/mol. The smallest absolute Gasteiger partial charge is 0.328 e. The minimum Gasteiger partial charge on any atom is -0.480 e. The molecule has 10 heteroatoms. The minimum atomic E-state index is -1.46. The maximum absolute atomic E-state index is 12.3. The molecule has 7 N–H and O–H groups in total. The lowest BCUT2D eigenvalue weighted by Gasteiger charge is -2.25. The number of carbonyl (C=O) groups excluding carboxylic acids is 3. The molecule has 0 saturated heterocycles. The van der Waals surface area contributed by atoms with Crippen LogP contribution >= 0.6 is 0 Å². The molecule has 150 valence electrons. The van der Waals surface area contributed by atoms with Crippen molar-refractivity contribution in [2.45, 2.75) is 52.2 Å². The number of carboxylic acid groups (broad SMARTS) is 1. The fourth-order valence-electron chi connectivity index (χ4n) is 1.96. The zero-order valence-corrected chi connectivity index (χ0v) is 15.6. The van der Waals surface area contributed by atoms with Gasteiger partial charge >= 0.3 is 5.97 Å². The Morgan fingerprint density at radius 3 is 2.04 bits per heavy atom. The van der Waals surface area contributed by atoms with Crippen molar-refractivity contribution in [2.75, 3.05) is 13.2 Å². The molecule has 0 aromatic rings. The average Bonchev–Trinajstić information content (AvgIpc) is 2.59. The summed E-state index contributed by atoms with van der Waals surface area (Å²) in [6, 6.07) is -3.22. The minimum absolute atomic E-state index is 0.0943. The van der Waals surface area contributed by atoms with Crippen molar-refractivity contribution in [3.63, 3.8) is 0 Å². The number of rotatable bonds is 11. The summed E-state index contributed by atoms with van der Waals surface area (Å²) in [5.74, 6) is -3.58. The van der Waals surface area contributed by atoms with Gasteiger partial charge in [0.25, 0.3) is 0 Å². The fourth-order valence-corrected chi connectivity index (χ4v) is 1.96. The molecular formula is C16H30N4O6. The van der Waals surface area contributed by atoms with Crippen LogP contribution in [0.15, 0.2) is 0 Å². The van der Waals surface area contributed by atoms with E-state index in [1.807, 2.05) is 0 Å². The molecule has 0 heterocycles. The largest absolute Gasteiger partial charge is 0.480 e. The first-order valence-corrected chi connectivity index (χ1v) is 8.51. The zero-order chi connectivity index (χ0) is 20.4. The van der Waals surface area contributed by atoms with Crippen molar-refractivity contribution < 1.29 is 29.4 Å². The van der Waals surface area contributed by atoms with Crippen molar-refractivity contribution in [1.82, 2.24) is 16.0 Å². The zero-order valence-electron chi connectivity index (χ0n) is 15.6. The van der Waals surface area contributed by atoms with Crippen LogP contribution in [0.3, 0.4) is 0 Å². The highest BCUT2D eigenvalue weighted by molar-refractivity contribution is 5.92. The Morgan fingerprint density at radius 1 is 1.04 bits per heavy atom. The summed E-state index contributed by atoms with van der Waals surface area (Å²) in [4.78, 5) is 47.0. The van der Waals surface area contributed by atoms with E-state index in [1.165, 1.54) is 0 Å². The van der Waals surface area contributed by atoms with Gasteiger partial charge < -0.3 is 31.9 Å². The van der Waals surface area contributed by atoms with Crippen LogP contribution in [0.5, 0.6) is 0 Å². The lowest BCUT2D eigenvalue weighted by molar-refractivity contribution is -0.143. The number of amides is 3. The van der Waals surface area contributed by atoms with Gasteiger partial charge in [-0.2, -0.15) is 0 Å². The molecular weight excluding hydrogens is 344 g/mol. The second-order valence-corrected chi connectivity index (χ2v) is 6.50. The maximum Gasteiger partial charge on any atom is 0.328 e. The van der Waals surface area contributed by atoms with Crippen molar-refractivity contribution in [3.8, 4) is 0 Å². The van der Waals surface area contributed by atoms with Crippen LogP contribution in [0.1, 0.15) is 34.1 Å². The van der Waals surface area contributed by atoms with Gasteiger partial charge in [-0.05, 0) is 11.8 Å². The fraction of sp³-hybridized carbons (Fsp3) is 0.750. The average molecular weight is 374 g/mol. The normalized spacial score (nSPS) is 15.5. The number of nitrogens with two attached hydrogens (primary N) is 1. The first-order chi connectivity index (χ1) is 12.0. The molecule has 0 bridgehead atoms. The first-order valence-electron chi connectivity index (χ1n) is 8.51. The second-order valence-electron chi connectivity index (χ2n) is 6.50. The third kappa shape index (κ3) is 7.79. The van der Waals surface area contributed by atoms with E-state index in [4.69, 9.17) is 15.9 Å². The lowest BCUT2D eigenvalue weighted by atomic mass is 9.98. The van der Waals surface area contributed by atoms with Gasteiger partial charge in [-0.3, -0.25) is 14.4 Å². The van der Waals surface area contributed by atoms with Crippen LogP contribution in [0.2, 0.25) is 0 Å². The van der Waals surface area contributed by atoms with Crippen molar-refractivity contribution in [2.24, 2.45) is 17.6 Å². The quantitative estimate of drug-likeness (QED) is 0.247. The third-order valence-corrected chi connectivity index (χ3v) is 4.05. The number of hydrogen-bond acceptors (Lipinski definition) is 6. The van der Waals surface area contributed by atoms with E-state index in [-0.39, 0.29) is 18.4 Å². The molecule has 0 aromatic carbocycles. The van der Waals surface area contributed by atoms with Crippen LogP contribution in [-0.4, -0.2) is 65.2 Å². The van der Waals surface area contributed by atoms with Crippen LogP contribution in [0, 0.1) is 11.8 Å². The highest BCUT2D eigenvalue weighted by Crippen LogP contribution is 2.08. The highest BCUT2D eigenvalue weighted by atomic mass is 16.4. The van der Waals surface area contributed by atoms with Gasteiger partial charge in [-0.15, -0.1) is 0 Å². The Labute approximate surface area is 152 Å². The van der Waals surface area contributed by atoms with Crippen LogP contribution < -0.4 is 21.7 Å². The van der Waals surface area contributed by atoms with Crippen LogP contribution in [0.25, 0.3) is 0 Å². The molecule has 4 unspecified atom stereocenters. The molecule has 0 spiro atoms. The van der Waals surface area contributed by atoms with Gasteiger partial charge in [0.1, 0.15) is 12.1 Å². The lowest BCUT2D eigenvalue weighted by Crippen LogP contribution is -2.56. The Bertz CT molecular complexity index is 511. The van der Waals surface area contributed by atoms with Gasteiger partial charge in [-0.1, -0.05) is 34.1 Å². The topological polar surface area (TPSA) is 171 Å². The summed E-state index contributed by atoms with van der Waals surface area (Å²) in [6.07, 6.45) is 0.541. The highest BCUT2D eigenvalue weighted by Gasteiger charge is 2.29. The summed E-state index contributed by atoms with van der Waals surface area (Å²) in [6.45, 7) is 5.93. The summed E-state index contributed by atoms with van der Waals surface area (Å²) in [5.41, 5.74) is 5.68. The number of nitrogens with one attached hydrogen (secondary N) is 3. The third-order valence-electron chi connectivity index (χ3n) is 4.05. The summed E-state index contributed by atoms with van der Waals surface area (Å²) in [7, 11) is 0. The van der Waals surface area contributed by atoms with E-state index >= 15 is 0 Å². The Hall–Kier alpha value is -2.20. The Kier molecular flexibility index (Phi) is 10.5. The number of aliphatic carboxylic acids is 1. The molecule has 0 aromatic heterocycles. The van der Waals surface area contributed by atoms with E-state index in [0.717, 1.165) is 0 Å². The number of hydrogen-bond donors (Lipinski definition) is 6. The molecule has 0 aliphatic carbocycles. The van der Waals surface area contributed by atoms with Gasteiger partial charge in [0.15, 0.2) is 0 Å². The summed E-state index contributed by atoms with van der Waals surface area (Å²) >= 11 is 0. The molecule has 0 fully saturated rings. The van der Waals surface area contributed by atoms with E-state index < -0.39 is 48.4 Å². The van der Waals surface area contributed by atoms with Crippen LogP contribution in [-0.2, 0) is 19.2 Å². The molecule has 4 atom stereocenters. The number of aliphatic hydroxyl groups excluding tert-OH is 1. The standard InChI is InChI=1S/C16H30N4O6/c1-5-9(4)13(15(24)19-10(7-21)16(25)26)20-11(22)6-18-14(23)12(17)8(2)3/h8-10,12-13,21H,5-7,17H2,1-4H3,(H,18,23)(H,19,24)(H,20,22)(H,25,26). The number of carboxylic acids is 1. The molecule has 3 amide bonds. The summed E-state index contributed by atoms with van der Waals surface area (Å²) < 4.78 is 0. The first kappa shape index (κ1) is 23.8. The van der Waals surface area contributed by atoms with Gasteiger partial charge in [0, 0.05) is 0 Å². The van der Waals surface area contributed by atoms with Gasteiger partial charge in [0.05, 0.1) is 19.2 Å². The molecule has 10 nitrogen and oxygen atoms in total. The second kappa shape index (κ2) is 11.4. The van der Waals surface area contributed by atoms with E-state index in [1.54, 1.807) is 27.7 Å². The molecule has 0 radical (unpaired) electrons. The van der Waals surface area contributed by atoms with E-state index in [2.05, 4.69) is 16.0 Å². The van der Waals surface area contributed by atoms with Gasteiger partial charge in [-0.25, -0.2) is 4.79 Å². The maximum atomic E-state index is 12.3. The molecule has 0 saturated carbocycles. The Balaban J connectivity index is 4.85. The van der Waals surface area contributed by atoms with Crippen molar-refractivity contribution in [3.05, 3.63) is 0 Å². The Morgan fingerprint density at radius 2 is 1.62 bits per heavy atom. The van der Waals surface area contributed by atoms with Crippen LogP contribution in [0.4, 0.5) is 0 Å². The molecule has 0 aliphatic rings. The van der Waals surface area contributed by atoms with Crippen molar-refractivity contribution in [1.29, 1.82) is 0 Å². The number of carbonyl (C=O) groups is 4.